The Bertz CT molecular complexity index is 739. The van der Waals surface area contributed by atoms with E-state index in [2.05, 4.69) is 20.9 Å². The summed E-state index contributed by atoms with van der Waals surface area (Å²) < 4.78 is 0. The SMILES string of the molecule is CCCCC(=O)N[C@H](C(=O)N[C@@H](CCCN=C(N)N)C(=O)N1CCC[C@H]1C(=O)NCC)[C@@H](C)CC. The average molecular weight is 496 g/mol. The third kappa shape index (κ3) is 10.1. The van der Waals surface area contributed by atoms with Crippen molar-refractivity contribution in [3.05, 3.63) is 0 Å². The van der Waals surface area contributed by atoms with Crippen LogP contribution in [-0.2, 0) is 19.2 Å². The van der Waals surface area contributed by atoms with Crippen molar-refractivity contribution in [2.24, 2.45) is 22.4 Å². The number of aliphatic imine (C=N–C) groups is 1. The second-order valence-corrected chi connectivity index (χ2v) is 9.13. The standard InChI is InChI=1S/C24H45N7O4/c1-5-8-13-19(32)30-20(16(4)6-2)22(34)29-17(11-9-14-28-24(25)26)23(35)31-15-10-12-18(31)21(33)27-7-3/h16-18,20H,5-15H2,1-4H3,(H,27,33)(H,29,34)(H,30,32)(H4,25,26,28)/t16-,17-,18-,20-/m0/s1. The van der Waals surface area contributed by atoms with Gasteiger partial charge in [-0.25, -0.2) is 0 Å². The van der Waals surface area contributed by atoms with Gasteiger partial charge in [0.05, 0.1) is 0 Å². The number of likely N-dealkylation sites (N-methyl/N-ethyl adjacent to an activating group) is 1. The Morgan fingerprint density at radius 1 is 1.09 bits per heavy atom. The second kappa shape index (κ2) is 15.9. The van der Waals surface area contributed by atoms with Crippen molar-refractivity contribution in [3.8, 4) is 0 Å². The smallest absolute Gasteiger partial charge is 0.245 e. The maximum Gasteiger partial charge on any atom is 0.245 e. The van der Waals surface area contributed by atoms with Gasteiger partial charge in [-0.2, -0.15) is 0 Å². The Morgan fingerprint density at radius 2 is 1.80 bits per heavy atom. The number of nitrogens with zero attached hydrogens (tertiary/aromatic N) is 2. The van der Waals surface area contributed by atoms with Gasteiger partial charge in [-0.3, -0.25) is 24.2 Å². The number of guanidine groups is 1. The normalized spacial score (nSPS) is 17.7. The molecule has 11 heteroatoms. The predicted molar refractivity (Wildman–Crippen MR) is 136 cm³/mol. The van der Waals surface area contributed by atoms with Crippen LogP contribution < -0.4 is 27.4 Å². The van der Waals surface area contributed by atoms with E-state index in [1.54, 1.807) is 4.90 Å². The lowest BCUT2D eigenvalue weighted by molar-refractivity contribution is -0.142. The van der Waals surface area contributed by atoms with Gasteiger partial charge in [0.25, 0.3) is 0 Å². The summed E-state index contributed by atoms with van der Waals surface area (Å²) in [6.45, 7) is 8.90. The molecule has 7 N–H and O–H groups in total. The topological polar surface area (TPSA) is 172 Å². The lowest BCUT2D eigenvalue weighted by Gasteiger charge is -2.30. The molecule has 0 spiro atoms. The Morgan fingerprint density at radius 3 is 2.40 bits per heavy atom. The van der Waals surface area contributed by atoms with E-state index in [0.717, 1.165) is 12.8 Å². The molecular weight excluding hydrogens is 450 g/mol. The van der Waals surface area contributed by atoms with Crippen LogP contribution >= 0.6 is 0 Å². The summed E-state index contributed by atoms with van der Waals surface area (Å²) in [5.41, 5.74) is 10.8. The Hall–Kier alpha value is -2.85. The molecule has 35 heavy (non-hydrogen) atoms. The van der Waals surface area contributed by atoms with E-state index in [-0.39, 0.29) is 29.6 Å². The molecule has 0 aliphatic carbocycles. The van der Waals surface area contributed by atoms with Gasteiger partial charge < -0.3 is 32.3 Å². The molecule has 1 aliphatic rings. The third-order valence-electron chi connectivity index (χ3n) is 6.32. The van der Waals surface area contributed by atoms with Crippen LogP contribution in [0.4, 0.5) is 0 Å². The molecule has 4 amide bonds. The van der Waals surface area contributed by atoms with Crippen molar-refractivity contribution in [3.63, 3.8) is 0 Å². The molecule has 0 bridgehead atoms. The van der Waals surface area contributed by atoms with Gasteiger partial charge in [0, 0.05) is 26.1 Å². The van der Waals surface area contributed by atoms with Crippen LogP contribution in [0.1, 0.15) is 79.1 Å². The van der Waals surface area contributed by atoms with Gasteiger partial charge in [0.15, 0.2) is 5.96 Å². The van der Waals surface area contributed by atoms with Crippen LogP contribution in [-0.4, -0.2) is 72.2 Å². The summed E-state index contributed by atoms with van der Waals surface area (Å²) >= 11 is 0. The summed E-state index contributed by atoms with van der Waals surface area (Å²) in [5, 5.41) is 8.49. The van der Waals surface area contributed by atoms with Gasteiger partial charge in [-0.05, 0) is 44.9 Å². The molecule has 1 rings (SSSR count). The molecular formula is C24H45N7O4. The number of nitrogens with one attached hydrogen (secondary N) is 3. The largest absolute Gasteiger partial charge is 0.370 e. The maximum atomic E-state index is 13.5. The molecule has 0 aromatic carbocycles. The van der Waals surface area contributed by atoms with Crippen LogP contribution in [0.5, 0.6) is 0 Å². The van der Waals surface area contributed by atoms with Gasteiger partial charge in [-0.15, -0.1) is 0 Å². The average Bonchev–Trinajstić information content (AvgIpc) is 3.32. The first-order valence-electron chi connectivity index (χ1n) is 12.9. The summed E-state index contributed by atoms with van der Waals surface area (Å²) in [6.07, 6.45) is 4.70. The Balaban J connectivity index is 3.04. The molecule has 4 atom stereocenters. The lowest BCUT2D eigenvalue weighted by Crippen LogP contribution is -2.57. The zero-order chi connectivity index (χ0) is 26.4. The van der Waals surface area contributed by atoms with E-state index in [9.17, 15) is 19.2 Å². The van der Waals surface area contributed by atoms with Crippen LogP contribution in [0.15, 0.2) is 4.99 Å². The minimum absolute atomic E-state index is 0.0422. The zero-order valence-corrected chi connectivity index (χ0v) is 21.8. The fraction of sp³-hybridized carbons (Fsp3) is 0.792. The monoisotopic (exact) mass is 495 g/mol. The van der Waals surface area contributed by atoms with Gasteiger partial charge in [-0.1, -0.05) is 33.6 Å². The van der Waals surface area contributed by atoms with Crippen molar-refractivity contribution in [2.75, 3.05) is 19.6 Å². The van der Waals surface area contributed by atoms with E-state index in [1.807, 2.05) is 27.7 Å². The fourth-order valence-electron chi connectivity index (χ4n) is 4.10. The molecule has 0 aromatic heterocycles. The van der Waals surface area contributed by atoms with E-state index in [0.29, 0.717) is 58.2 Å². The van der Waals surface area contributed by atoms with Gasteiger partial charge >= 0.3 is 0 Å². The van der Waals surface area contributed by atoms with Crippen molar-refractivity contribution in [1.29, 1.82) is 0 Å². The summed E-state index contributed by atoms with van der Waals surface area (Å²) in [4.78, 5) is 57.2. The van der Waals surface area contributed by atoms with Gasteiger partial charge in [0.1, 0.15) is 18.1 Å². The van der Waals surface area contributed by atoms with Crippen molar-refractivity contribution in [2.45, 2.75) is 97.2 Å². The third-order valence-corrected chi connectivity index (χ3v) is 6.32. The Kier molecular flexibility index (Phi) is 13.7. The first-order valence-corrected chi connectivity index (χ1v) is 12.9. The minimum Gasteiger partial charge on any atom is -0.370 e. The molecule has 0 saturated carbocycles. The fourth-order valence-corrected chi connectivity index (χ4v) is 4.10. The first-order chi connectivity index (χ1) is 16.7. The van der Waals surface area contributed by atoms with Crippen molar-refractivity contribution < 1.29 is 19.2 Å². The number of hydrogen-bond donors (Lipinski definition) is 5. The Labute approximate surface area is 209 Å². The number of amides is 4. The molecule has 0 aromatic rings. The number of rotatable bonds is 15. The maximum absolute atomic E-state index is 13.5. The van der Waals surface area contributed by atoms with Crippen molar-refractivity contribution >= 4 is 29.6 Å². The lowest BCUT2D eigenvalue weighted by atomic mass is 9.97. The number of hydrogen-bond acceptors (Lipinski definition) is 5. The highest BCUT2D eigenvalue weighted by Gasteiger charge is 2.38. The molecule has 0 radical (unpaired) electrons. The molecule has 200 valence electrons. The summed E-state index contributed by atoms with van der Waals surface area (Å²) in [6, 6.07) is -2.17. The minimum atomic E-state index is -0.856. The van der Waals surface area contributed by atoms with Crippen LogP contribution in [0.2, 0.25) is 0 Å². The number of nitrogens with two attached hydrogens (primary N) is 2. The van der Waals surface area contributed by atoms with Crippen molar-refractivity contribution in [1.82, 2.24) is 20.9 Å². The quantitative estimate of drug-likeness (QED) is 0.125. The molecule has 0 unspecified atom stereocenters. The highest BCUT2D eigenvalue weighted by atomic mass is 16.2. The molecule has 1 aliphatic heterocycles. The van der Waals surface area contributed by atoms with Crippen LogP contribution in [0, 0.1) is 5.92 Å². The first kappa shape index (κ1) is 30.2. The number of likely N-dealkylation sites (tertiary alicyclic amines) is 1. The molecule has 1 heterocycles. The second-order valence-electron chi connectivity index (χ2n) is 9.13. The van der Waals surface area contributed by atoms with E-state index < -0.39 is 24.0 Å². The predicted octanol–water partition coefficient (Wildman–Crippen LogP) is 0.373. The van der Waals surface area contributed by atoms with Crippen LogP contribution in [0.3, 0.4) is 0 Å². The summed E-state index contributed by atoms with van der Waals surface area (Å²) in [5.74, 6) is -1.24. The molecule has 1 saturated heterocycles. The molecule has 11 nitrogen and oxygen atoms in total. The number of carbonyl (C=O) groups is 4. The van der Waals surface area contributed by atoms with Crippen LogP contribution in [0.25, 0.3) is 0 Å². The van der Waals surface area contributed by atoms with Gasteiger partial charge in [0.2, 0.25) is 23.6 Å². The highest BCUT2D eigenvalue weighted by molar-refractivity contribution is 5.94. The van der Waals surface area contributed by atoms with E-state index in [4.69, 9.17) is 11.5 Å². The number of unbranched alkanes of at least 4 members (excludes halogenated alkanes) is 1. The zero-order valence-electron chi connectivity index (χ0n) is 21.8. The van der Waals surface area contributed by atoms with E-state index >= 15 is 0 Å². The molecule has 1 fully saturated rings. The number of carbonyl (C=O) groups excluding carboxylic acids is 4. The highest BCUT2D eigenvalue weighted by Crippen LogP contribution is 2.20. The summed E-state index contributed by atoms with van der Waals surface area (Å²) in [7, 11) is 0. The van der Waals surface area contributed by atoms with E-state index in [1.165, 1.54) is 0 Å².